The Labute approximate surface area is 149 Å². The number of carbonyl (C=O) groups is 1. The lowest BCUT2D eigenvalue weighted by molar-refractivity contribution is -0.120. The molecule has 0 bridgehead atoms. The smallest absolute Gasteiger partial charge is 0.250 e. The third-order valence-corrected chi connectivity index (χ3v) is 4.64. The van der Waals surface area contributed by atoms with Gasteiger partial charge in [-0.05, 0) is 31.9 Å². The summed E-state index contributed by atoms with van der Waals surface area (Å²) in [6.45, 7) is 3.34. The largest absolute Gasteiger partial charge is 0.358 e. The van der Waals surface area contributed by atoms with Crippen molar-refractivity contribution in [3.05, 3.63) is 42.6 Å². The lowest BCUT2D eigenvalue weighted by Crippen LogP contribution is -2.48. The van der Waals surface area contributed by atoms with E-state index in [0.29, 0.717) is 30.7 Å². The van der Waals surface area contributed by atoms with Gasteiger partial charge in [0, 0.05) is 24.5 Å². The fraction of sp³-hybridized carbons (Fsp3) is 0.333. The molecule has 1 aliphatic rings. The number of para-hydroxylation sites is 1. The van der Waals surface area contributed by atoms with E-state index in [0.717, 1.165) is 12.2 Å². The Morgan fingerprint density at radius 2 is 2.19 bits per heavy atom. The Morgan fingerprint density at radius 3 is 3.04 bits per heavy atom. The predicted molar refractivity (Wildman–Crippen MR) is 96.4 cm³/mol. The maximum absolute atomic E-state index is 13.9. The van der Waals surface area contributed by atoms with Gasteiger partial charge in [-0.15, -0.1) is 0 Å². The van der Waals surface area contributed by atoms with Gasteiger partial charge in [-0.1, -0.05) is 6.07 Å². The van der Waals surface area contributed by atoms with Crippen LogP contribution in [0.4, 0.5) is 16.0 Å². The fourth-order valence-corrected chi connectivity index (χ4v) is 3.37. The van der Waals surface area contributed by atoms with Gasteiger partial charge in [-0.25, -0.2) is 19.0 Å². The van der Waals surface area contributed by atoms with Gasteiger partial charge >= 0.3 is 0 Å². The number of hydrogen-bond acceptors (Lipinski definition) is 5. The third kappa shape index (κ3) is 2.77. The van der Waals surface area contributed by atoms with Crippen molar-refractivity contribution in [2.75, 3.05) is 16.8 Å². The SMILES string of the molecule is CCn1nccc1N1CCCC(Nc2ncnc3c(F)cccc23)C1=O. The normalized spacial score (nSPS) is 17.7. The summed E-state index contributed by atoms with van der Waals surface area (Å²) in [7, 11) is 0. The van der Waals surface area contributed by atoms with E-state index < -0.39 is 11.9 Å². The predicted octanol–water partition coefficient (Wildman–Crippen LogP) is 2.59. The average molecular weight is 354 g/mol. The highest BCUT2D eigenvalue weighted by atomic mass is 19.1. The van der Waals surface area contributed by atoms with Gasteiger partial charge in [0.2, 0.25) is 0 Å². The number of aryl methyl sites for hydroxylation is 1. The van der Waals surface area contributed by atoms with E-state index in [9.17, 15) is 9.18 Å². The monoisotopic (exact) mass is 354 g/mol. The van der Waals surface area contributed by atoms with Crippen LogP contribution in [-0.4, -0.2) is 38.2 Å². The summed E-state index contributed by atoms with van der Waals surface area (Å²) in [5.74, 6) is 0.826. The molecule has 1 saturated heterocycles. The zero-order chi connectivity index (χ0) is 18.1. The number of fused-ring (bicyclic) bond motifs is 1. The molecule has 3 aromatic rings. The Hall–Kier alpha value is -3.03. The first-order chi connectivity index (χ1) is 12.7. The molecule has 1 amide bonds. The zero-order valence-electron chi connectivity index (χ0n) is 14.4. The molecule has 0 aliphatic carbocycles. The van der Waals surface area contributed by atoms with Crippen LogP contribution in [0.1, 0.15) is 19.8 Å². The number of piperidine rings is 1. The first-order valence-corrected chi connectivity index (χ1v) is 8.68. The highest BCUT2D eigenvalue weighted by molar-refractivity contribution is 6.00. The third-order valence-electron chi connectivity index (χ3n) is 4.64. The van der Waals surface area contributed by atoms with Crippen molar-refractivity contribution in [2.24, 2.45) is 0 Å². The molecule has 7 nitrogen and oxygen atoms in total. The molecule has 0 radical (unpaired) electrons. The van der Waals surface area contributed by atoms with E-state index in [1.165, 1.54) is 12.4 Å². The molecule has 2 aromatic heterocycles. The molecule has 8 heteroatoms. The van der Waals surface area contributed by atoms with Gasteiger partial charge in [-0.2, -0.15) is 5.10 Å². The Balaban J connectivity index is 1.63. The minimum absolute atomic E-state index is 0.0328. The zero-order valence-corrected chi connectivity index (χ0v) is 14.4. The maximum Gasteiger partial charge on any atom is 0.250 e. The van der Waals surface area contributed by atoms with Crippen LogP contribution < -0.4 is 10.2 Å². The topological polar surface area (TPSA) is 75.9 Å². The second-order valence-electron chi connectivity index (χ2n) is 6.19. The van der Waals surface area contributed by atoms with Gasteiger partial charge in [0.15, 0.2) is 0 Å². The number of carbonyl (C=O) groups excluding carboxylic acids is 1. The summed E-state index contributed by atoms with van der Waals surface area (Å²) in [6, 6.07) is 6.14. The van der Waals surface area contributed by atoms with E-state index in [1.54, 1.807) is 27.9 Å². The summed E-state index contributed by atoms with van der Waals surface area (Å²) in [4.78, 5) is 23.0. The highest BCUT2D eigenvalue weighted by Crippen LogP contribution is 2.26. The Bertz CT molecular complexity index is 956. The highest BCUT2D eigenvalue weighted by Gasteiger charge is 2.31. The quantitative estimate of drug-likeness (QED) is 0.779. The Kier molecular flexibility index (Phi) is 4.24. The minimum Gasteiger partial charge on any atom is -0.358 e. The summed E-state index contributed by atoms with van der Waals surface area (Å²) in [5, 5.41) is 8.00. The van der Waals surface area contributed by atoms with Crippen LogP contribution in [0, 0.1) is 5.82 Å². The van der Waals surface area contributed by atoms with Crippen molar-refractivity contribution in [3.8, 4) is 0 Å². The molecule has 3 heterocycles. The van der Waals surface area contributed by atoms with Crippen molar-refractivity contribution in [3.63, 3.8) is 0 Å². The summed E-state index contributed by atoms with van der Waals surface area (Å²) < 4.78 is 15.8. The molecular formula is C18H19FN6O. The number of aromatic nitrogens is 4. The minimum atomic E-state index is -0.426. The average Bonchev–Trinajstić information content (AvgIpc) is 3.13. The van der Waals surface area contributed by atoms with Crippen LogP contribution in [-0.2, 0) is 11.3 Å². The van der Waals surface area contributed by atoms with Gasteiger partial charge in [0.05, 0.1) is 6.20 Å². The van der Waals surface area contributed by atoms with Crippen LogP contribution in [0.15, 0.2) is 36.8 Å². The number of nitrogens with one attached hydrogen (secondary N) is 1. The van der Waals surface area contributed by atoms with Gasteiger partial charge in [0.25, 0.3) is 5.91 Å². The van der Waals surface area contributed by atoms with Gasteiger partial charge < -0.3 is 5.32 Å². The second kappa shape index (κ2) is 6.70. The molecule has 1 atom stereocenters. The van der Waals surface area contributed by atoms with Gasteiger partial charge in [0.1, 0.15) is 35.3 Å². The van der Waals surface area contributed by atoms with Crippen molar-refractivity contribution in [1.82, 2.24) is 19.7 Å². The number of rotatable bonds is 4. The number of benzene rings is 1. The van der Waals surface area contributed by atoms with Crippen molar-refractivity contribution in [2.45, 2.75) is 32.4 Å². The van der Waals surface area contributed by atoms with Crippen molar-refractivity contribution >= 4 is 28.4 Å². The van der Waals surface area contributed by atoms with Crippen LogP contribution in [0.2, 0.25) is 0 Å². The molecule has 1 fully saturated rings. The van der Waals surface area contributed by atoms with E-state index >= 15 is 0 Å². The van der Waals surface area contributed by atoms with E-state index in [1.807, 2.05) is 13.0 Å². The number of hydrogen-bond donors (Lipinski definition) is 1. The number of halogens is 1. The molecule has 0 spiro atoms. The van der Waals surface area contributed by atoms with Crippen LogP contribution in [0.3, 0.4) is 0 Å². The summed E-state index contributed by atoms with van der Waals surface area (Å²) in [6.07, 6.45) is 4.56. The molecule has 1 aliphatic heterocycles. The standard InChI is InChI=1S/C18H19FN6O/c1-2-25-15(8-9-22-25)24-10-4-7-14(18(24)26)23-17-12-5-3-6-13(19)16(12)20-11-21-17/h3,5-6,8-9,11,14H,2,4,7,10H2,1H3,(H,20,21,23). The number of nitrogens with zero attached hydrogens (tertiary/aromatic N) is 5. The molecule has 26 heavy (non-hydrogen) atoms. The van der Waals surface area contributed by atoms with Crippen LogP contribution in [0.25, 0.3) is 10.9 Å². The molecule has 4 rings (SSSR count). The van der Waals surface area contributed by atoms with Crippen LogP contribution >= 0.6 is 0 Å². The number of anilines is 2. The maximum atomic E-state index is 13.9. The van der Waals surface area contributed by atoms with E-state index in [2.05, 4.69) is 20.4 Å². The molecular weight excluding hydrogens is 335 g/mol. The Morgan fingerprint density at radius 1 is 1.31 bits per heavy atom. The molecule has 1 N–H and O–H groups in total. The van der Waals surface area contributed by atoms with Crippen molar-refractivity contribution < 1.29 is 9.18 Å². The molecule has 134 valence electrons. The first kappa shape index (κ1) is 16.4. The molecule has 0 saturated carbocycles. The van der Waals surface area contributed by atoms with E-state index in [-0.39, 0.29) is 11.4 Å². The van der Waals surface area contributed by atoms with Gasteiger partial charge in [-0.3, -0.25) is 9.69 Å². The number of amides is 1. The van der Waals surface area contributed by atoms with Crippen LogP contribution in [0.5, 0.6) is 0 Å². The lowest BCUT2D eigenvalue weighted by atomic mass is 10.0. The fourth-order valence-electron chi connectivity index (χ4n) is 3.37. The van der Waals surface area contributed by atoms with Crippen molar-refractivity contribution in [1.29, 1.82) is 0 Å². The first-order valence-electron chi connectivity index (χ1n) is 8.68. The second-order valence-corrected chi connectivity index (χ2v) is 6.19. The summed E-state index contributed by atoms with van der Waals surface area (Å²) >= 11 is 0. The summed E-state index contributed by atoms with van der Waals surface area (Å²) in [5.41, 5.74) is 0.245. The molecule has 1 aromatic carbocycles. The van der Waals surface area contributed by atoms with E-state index in [4.69, 9.17) is 0 Å². The molecule has 1 unspecified atom stereocenters. The lowest BCUT2D eigenvalue weighted by Gasteiger charge is -2.33.